The molecule has 2 atom stereocenters. The highest BCUT2D eigenvalue weighted by Gasteiger charge is 2.21. The topological polar surface area (TPSA) is 38.3 Å². The summed E-state index contributed by atoms with van der Waals surface area (Å²) in [5.74, 6) is 0.675. The zero-order valence-electron chi connectivity index (χ0n) is 12.7. The highest BCUT2D eigenvalue weighted by Crippen LogP contribution is 2.26. The number of ether oxygens (including phenoxy) is 1. The van der Waals surface area contributed by atoms with E-state index < -0.39 is 0 Å². The Hall–Kier alpha value is -0.870. The lowest BCUT2D eigenvalue weighted by atomic mass is 9.88. The van der Waals surface area contributed by atoms with Crippen LogP contribution in [0, 0.1) is 19.8 Å². The molecule has 112 valence electrons. The van der Waals surface area contributed by atoms with Gasteiger partial charge >= 0.3 is 0 Å². The summed E-state index contributed by atoms with van der Waals surface area (Å²) in [7, 11) is 0. The molecule has 1 aliphatic rings. The number of hydrogen-bond acceptors (Lipinski definition) is 3. The molecule has 3 nitrogen and oxygen atoms in total. The van der Waals surface area contributed by atoms with Gasteiger partial charge in [-0.2, -0.15) is 0 Å². The number of thiophene rings is 1. The third kappa shape index (κ3) is 4.06. The molecule has 1 heterocycles. The third-order valence-electron chi connectivity index (χ3n) is 4.14. The van der Waals surface area contributed by atoms with Gasteiger partial charge in [-0.05, 0) is 44.2 Å². The Balaban J connectivity index is 1.69. The Bertz CT molecular complexity index is 436. The summed E-state index contributed by atoms with van der Waals surface area (Å²) in [5, 5.41) is 2.94. The summed E-state index contributed by atoms with van der Waals surface area (Å²) in [5.41, 5.74) is 1.19. The van der Waals surface area contributed by atoms with Crippen LogP contribution in [0.5, 0.6) is 0 Å². The first kappa shape index (κ1) is 15.5. The van der Waals surface area contributed by atoms with Crippen molar-refractivity contribution < 1.29 is 9.53 Å². The first-order chi connectivity index (χ1) is 9.58. The first-order valence-corrected chi connectivity index (χ1v) is 8.36. The van der Waals surface area contributed by atoms with Crippen molar-refractivity contribution in [1.82, 2.24) is 5.32 Å². The zero-order valence-corrected chi connectivity index (χ0v) is 13.5. The molecule has 2 rings (SSSR count). The van der Waals surface area contributed by atoms with E-state index in [2.05, 4.69) is 12.2 Å². The SMILES string of the molecule is Cc1cc(C(=O)NCCO[C@H]2CCCC[C@H]2C)sc1C. The number of amides is 1. The van der Waals surface area contributed by atoms with Crippen LogP contribution in [-0.4, -0.2) is 25.2 Å². The number of nitrogens with one attached hydrogen (secondary N) is 1. The number of hydrogen-bond donors (Lipinski definition) is 1. The Morgan fingerprint density at radius 3 is 2.80 bits per heavy atom. The van der Waals surface area contributed by atoms with Gasteiger partial charge in [0.15, 0.2) is 0 Å². The van der Waals surface area contributed by atoms with E-state index in [9.17, 15) is 4.79 Å². The van der Waals surface area contributed by atoms with Gasteiger partial charge in [0.2, 0.25) is 0 Å². The number of carbonyl (C=O) groups excluding carboxylic acids is 1. The van der Waals surface area contributed by atoms with Crippen molar-refractivity contribution in [2.45, 2.75) is 52.6 Å². The molecule has 1 aromatic rings. The maximum Gasteiger partial charge on any atom is 0.261 e. The second kappa shape index (κ2) is 7.23. The van der Waals surface area contributed by atoms with Gasteiger partial charge in [0.05, 0.1) is 17.6 Å². The van der Waals surface area contributed by atoms with Crippen molar-refractivity contribution in [2.24, 2.45) is 5.92 Å². The molecule has 1 N–H and O–H groups in total. The van der Waals surface area contributed by atoms with Gasteiger partial charge < -0.3 is 10.1 Å². The summed E-state index contributed by atoms with van der Waals surface area (Å²) in [4.78, 5) is 14.0. The summed E-state index contributed by atoms with van der Waals surface area (Å²) in [6, 6.07) is 1.96. The molecule has 0 aromatic carbocycles. The van der Waals surface area contributed by atoms with Crippen LogP contribution in [0.15, 0.2) is 6.07 Å². The van der Waals surface area contributed by atoms with Crippen LogP contribution >= 0.6 is 11.3 Å². The van der Waals surface area contributed by atoms with Crippen molar-refractivity contribution in [2.75, 3.05) is 13.2 Å². The van der Waals surface area contributed by atoms with Crippen LogP contribution in [0.3, 0.4) is 0 Å². The van der Waals surface area contributed by atoms with Crippen molar-refractivity contribution in [1.29, 1.82) is 0 Å². The highest BCUT2D eigenvalue weighted by atomic mass is 32.1. The maximum atomic E-state index is 12.0. The second-order valence-electron chi connectivity index (χ2n) is 5.78. The average Bonchev–Trinajstić information content (AvgIpc) is 2.76. The number of rotatable bonds is 5. The van der Waals surface area contributed by atoms with Crippen LogP contribution in [0.4, 0.5) is 0 Å². The van der Waals surface area contributed by atoms with Gasteiger partial charge in [0, 0.05) is 11.4 Å². The standard InChI is InChI=1S/C16H25NO2S/c1-11-6-4-5-7-14(11)19-9-8-17-16(18)15-10-12(2)13(3)20-15/h10-11,14H,4-9H2,1-3H3,(H,17,18)/t11-,14+/m1/s1. The molecule has 1 amide bonds. The van der Waals surface area contributed by atoms with E-state index in [0.717, 1.165) is 4.88 Å². The van der Waals surface area contributed by atoms with Gasteiger partial charge in [-0.25, -0.2) is 0 Å². The zero-order chi connectivity index (χ0) is 14.5. The molecular formula is C16H25NO2S. The van der Waals surface area contributed by atoms with Gasteiger partial charge in [-0.3, -0.25) is 4.79 Å². The average molecular weight is 295 g/mol. The predicted octanol–water partition coefficient (Wildman–Crippen LogP) is 3.69. The van der Waals surface area contributed by atoms with Gasteiger partial charge in [0.1, 0.15) is 0 Å². The molecular weight excluding hydrogens is 270 g/mol. The minimum Gasteiger partial charge on any atom is -0.376 e. The lowest BCUT2D eigenvalue weighted by molar-refractivity contribution is -0.00292. The summed E-state index contributed by atoms with van der Waals surface area (Å²) in [6.07, 6.45) is 5.42. The smallest absolute Gasteiger partial charge is 0.261 e. The Morgan fingerprint density at radius 1 is 1.40 bits per heavy atom. The lowest BCUT2D eigenvalue weighted by Gasteiger charge is -2.28. The molecule has 0 bridgehead atoms. The molecule has 0 saturated heterocycles. The van der Waals surface area contributed by atoms with Crippen LogP contribution < -0.4 is 5.32 Å². The molecule has 1 aliphatic carbocycles. The number of carbonyl (C=O) groups is 1. The fourth-order valence-corrected chi connectivity index (χ4v) is 3.63. The fourth-order valence-electron chi connectivity index (χ4n) is 2.68. The highest BCUT2D eigenvalue weighted by molar-refractivity contribution is 7.14. The molecule has 1 fully saturated rings. The summed E-state index contributed by atoms with van der Waals surface area (Å²) < 4.78 is 5.90. The fraction of sp³-hybridized carbons (Fsp3) is 0.688. The van der Waals surface area contributed by atoms with Gasteiger partial charge in [0.25, 0.3) is 5.91 Å². The Kier molecular flexibility index (Phi) is 5.61. The van der Waals surface area contributed by atoms with Crippen molar-refractivity contribution in [3.63, 3.8) is 0 Å². The Labute approximate surface area is 125 Å². The van der Waals surface area contributed by atoms with Crippen LogP contribution in [-0.2, 0) is 4.74 Å². The quantitative estimate of drug-likeness (QED) is 0.841. The summed E-state index contributed by atoms with van der Waals surface area (Å²) in [6.45, 7) is 7.56. The van der Waals surface area contributed by atoms with Gasteiger partial charge in [-0.1, -0.05) is 19.8 Å². The molecule has 0 unspecified atom stereocenters. The molecule has 1 aromatic heterocycles. The molecule has 20 heavy (non-hydrogen) atoms. The maximum absolute atomic E-state index is 12.0. The number of aryl methyl sites for hydroxylation is 2. The van der Waals surface area contributed by atoms with E-state index in [0.29, 0.717) is 25.2 Å². The molecule has 0 aliphatic heterocycles. The summed E-state index contributed by atoms with van der Waals surface area (Å²) >= 11 is 1.56. The molecule has 1 saturated carbocycles. The second-order valence-corrected chi connectivity index (χ2v) is 7.03. The van der Waals surface area contributed by atoms with E-state index in [1.165, 1.54) is 36.1 Å². The van der Waals surface area contributed by atoms with Crippen molar-refractivity contribution in [3.05, 3.63) is 21.4 Å². The van der Waals surface area contributed by atoms with Crippen LogP contribution in [0.25, 0.3) is 0 Å². The van der Waals surface area contributed by atoms with Crippen molar-refractivity contribution in [3.8, 4) is 0 Å². The van der Waals surface area contributed by atoms with E-state index in [1.807, 2.05) is 19.9 Å². The largest absolute Gasteiger partial charge is 0.376 e. The molecule has 0 spiro atoms. The minimum absolute atomic E-state index is 0.0199. The molecule has 0 radical (unpaired) electrons. The normalized spacial score (nSPS) is 22.8. The van der Waals surface area contributed by atoms with Gasteiger partial charge in [-0.15, -0.1) is 11.3 Å². The molecule has 4 heteroatoms. The minimum atomic E-state index is 0.0199. The van der Waals surface area contributed by atoms with Crippen molar-refractivity contribution >= 4 is 17.2 Å². The van der Waals surface area contributed by atoms with Crippen LogP contribution in [0.2, 0.25) is 0 Å². The third-order valence-corrected chi connectivity index (χ3v) is 5.29. The van der Waals surface area contributed by atoms with E-state index in [1.54, 1.807) is 11.3 Å². The Morgan fingerprint density at radius 2 is 2.15 bits per heavy atom. The van der Waals surface area contributed by atoms with E-state index in [4.69, 9.17) is 4.74 Å². The first-order valence-electron chi connectivity index (χ1n) is 7.54. The van der Waals surface area contributed by atoms with E-state index >= 15 is 0 Å². The predicted molar refractivity (Wildman–Crippen MR) is 83.5 cm³/mol. The van der Waals surface area contributed by atoms with E-state index in [-0.39, 0.29) is 5.91 Å². The lowest BCUT2D eigenvalue weighted by Crippen LogP contribution is -2.31. The monoisotopic (exact) mass is 295 g/mol. The van der Waals surface area contributed by atoms with Crippen LogP contribution in [0.1, 0.15) is 52.7 Å².